The zero-order valence-corrected chi connectivity index (χ0v) is 10.00. The molecule has 0 radical (unpaired) electrons. The second-order valence-electron chi connectivity index (χ2n) is 4.05. The standard InChI is InChI=1S/C14H13N3O/c1-18-14-5-3-2-4-13(14)17-12-7-6-11(15)8-10(12)9-16-17/h2-9H,15H2,1H3. The summed E-state index contributed by atoms with van der Waals surface area (Å²) in [6, 6.07) is 13.5. The fraction of sp³-hybridized carbons (Fsp3) is 0.0714. The summed E-state index contributed by atoms with van der Waals surface area (Å²) in [5.41, 5.74) is 8.43. The molecule has 0 unspecified atom stereocenters. The molecule has 0 atom stereocenters. The number of benzene rings is 2. The van der Waals surface area contributed by atoms with Crippen LogP contribution < -0.4 is 10.5 Å². The van der Waals surface area contributed by atoms with Crippen LogP contribution in [0.1, 0.15) is 0 Å². The van der Waals surface area contributed by atoms with Crippen molar-refractivity contribution in [3.8, 4) is 11.4 Å². The highest BCUT2D eigenvalue weighted by molar-refractivity contribution is 5.83. The maximum Gasteiger partial charge on any atom is 0.144 e. The summed E-state index contributed by atoms with van der Waals surface area (Å²) in [6.07, 6.45) is 1.80. The maximum atomic E-state index is 5.77. The number of hydrogen-bond acceptors (Lipinski definition) is 3. The Bertz CT molecular complexity index is 703. The summed E-state index contributed by atoms with van der Waals surface area (Å²) < 4.78 is 7.21. The first-order valence-electron chi connectivity index (χ1n) is 5.66. The lowest BCUT2D eigenvalue weighted by Gasteiger charge is -2.09. The maximum absolute atomic E-state index is 5.77. The van der Waals surface area contributed by atoms with E-state index in [1.807, 2.05) is 47.1 Å². The quantitative estimate of drug-likeness (QED) is 0.699. The highest BCUT2D eigenvalue weighted by Crippen LogP contribution is 2.26. The normalized spacial score (nSPS) is 10.7. The van der Waals surface area contributed by atoms with Gasteiger partial charge in [-0.15, -0.1) is 0 Å². The van der Waals surface area contributed by atoms with E-state index < -0.39 is 0 Å². The van der Waals surface area contributed by atoms with Crippen molar-refractivity contribution in [2.75, 3.05) is 12.8 Å². The number of hydrogen-bond donors (Lipinski definition) is 1. The van der Waals surface area contributed by atoms with Crippen LogP contribution in [-0.2, 0) is 0 Å². The highest BCUT2D eigenvalue weighted by atomic mass is 16.5. The van der Waals surface area contributed by atoms with Gasteiger partial charge < -0.3 is 10.5 Å². The molecular formula is C14H13N3O. The van der Waals surface area contributed by atoms with Gasteiger partial charge in [0.15, 0.2) is 0 Å². The van der Waals surface area contributed by atoms with E-state index in [0.717, 1.165) is 28.0 Å². The first-order chi connectivity index (χ1) is 8.79. The van der Waals surface area contributed by atoms with E-state index in [9.17, 15) is 0 Å². The number of aromatic nitrogens is 2. The minimum absolute atomic E-state index is 0.738. The van der Waals surface area contributed by atoms with Crippen molar-refractivity contribution in [1.82, 2.24) is 9.78 Å². The Morgan fingerprint density at radius 3 is 2.83 bits per heavy atom. The zero-order valence-electron chi connectivity index (χ0n) is 10.00. The Labute approximate surface area is 105 Å². The summed E-state index contributed by atoms with van der Waals surface area (Å²) in [4.78, 5) is 0. The van der Waals surface area contributed by atoms with Crippen LogP contribution in [0.15, 0.2) is 48.7 Å². The van der Waals surface area contributed by atoms with Gasteiger partial charge in [0.2, 0.25) is 0 Å². The van der Waals surface area contributed by atoms with E-state index >= 15 is 0 Å². The largest absolute Gasteiger partial charge is 0.494 e. The fourth-order valence-electron chi connectivity index (χ4n) is 2.05. The van der Waals surface area contributed by atoms with Crippen LogP contribution in [0.3, 0.4) is 0 Å². The first kappa shape index (κ1) is 10.7. The van der Waals surface area contributed by atoms with Crippen LogP contribution in [-0.4, -0.2) is 16.9 Å². The molecular weight excluding hydrogens is 226 g/mol. The van der Waals surface area contributed by atoms with Crippen LogP contribution in [0.2, 0.25) is 0 Å². The summed E-state index contributed by atoms with van der Waals surface area (Å²) in [5.74, 6) is 0.791. The number of nitrogen functional groups attached to an aromatic ring is 1. The molecule has 2 N–H and O–H groups in total. The number of ether oxygens (including phenoxy) is 1. The topological polar surface area (TPSA) is 53.1 Å². The summed E-state index contributed by atoms with van der Waals surface area (Å²) in [6.45, 7) is 0. The minimum Gasteiger partial charge on any atom is -0.494 e. The van der Waals surface area contributed by atoms with Gasteiger partial charge in [-0.25, -0.2) is 4.68 Å². The average molecular weight is 239 g/mol. The van der Waals surface area contributed by atoms with Gasteiger partial charge >= 0.3 is 0 Å². The first-order valence-corrected chi connectivity index (χ1v) is 5.66. The molecule has 0 saturated carbocycles. The van der Waals surface area contributed by atoms with E-state index in [1.165, 1.54) is 0 Å². The molecule has 0 saturated heterocycles. The third kappa shape index (κ3) is 1.59. The van der Waals surface area contributed by atoms with Gasteiger partial charge in [0, 0.05) is 11.1 Å². The van der Waals surface area contributed by atoms with Gasteiger partial charge in [-0.1, -0.05) is 12.1 Å². The smallest absolute Gasteiger partial charge is 0.144 e. The Hall–Kier alpha value is -2.49. The van der Waals surface area contributed by atoms with Crippen LogP contribution >= 0.6 is 0 Å². The molecule has 0 spiro atoms. The number of para-hydroxylation sites is 2. The molecule has 18 heavy (non-hydrogen) atoms. The minimum atomic E-state index is 0.738. The summed E-state index contributed by atoms with van der Waals surface area (Å²) in [5, 5.41) is 5.41. The molecule has 0 amide bonds. The van der Waals surface area contributed by atoms with E-state index in [0.29, 0.717) is 0 Å². The molecule has 3 rings (SSSR count). The second-order valence-corrected chi connectivity index (χ2v) is 4.05. The summed E-state index contributed by atoms with van der Waals surface area (Å²) >= 11 is 0. The lowest BCUT2D eigenvalue weighted by Crippen LogP contribution is -1.99. The van der Waals surface area contributed by atoms with Crippen molar-refractivity contribution in [3.05, 3.63) is 48.7 Å². The van der Waals surface area contributed by atoms with Crippen LogP contribution in [0.25, 0.3) is 16.6 Å². The molecule has 0 fully saturated rings. The molecule has 90 valence electrons. The lowest BCUT2D eigenvalue weighted by atomic mass is 10.2. The van der Waals surface area contributed by atoms with Crippen LogP contribution in [0.5, 0.6) is 5.75 Å². The molecule has 0 bridgehead atoms. The number of nitrogens with zero attached hydrogens (tertiary/aromatic N) is 2. The third-order valence-corrected chi connectivity index (χ3v) is 2.91. The number of fused-ring (bicyclic) bond motifs is 1. The molecule has 1 aromatic heterocycles. The van der Waals surface area contributed by atoms with E-state index in [4.69, 9.17) is 10.5 Å². The number of anilines is 1. The monoisotopic (exact) mass is 239 g/mol. The third-order valence-electron chi connectivity index (χ3n) is 2.91. The molecule has 4 nitrogen and oxygen atoms in total. The van der Waals surface area contributed by atoms with Crippen molar-refractivity contribution >= 4 is 16.6 Å². The van der Waals surface area contributed by atoms with Crippen molar-refractivity contribution in [2.45, 2.75) is 0 Å². The Kier molecular flexibility index (Phi) is 2.41. The Balaban J connectivity index is 2.26. The molecule has 1 heterocycles. The fourth-order valence-corrected chi connectivity index (χ4v) is 2.05. The van der Waals surface area contributed by atoms with E-state index in [2.05, 4.69) is 5.10 Å². The van der Waals surface area contributed by atoms with Crippen molar-refractivity contribution in [2.24, 2.45) is 0 Å². The van der Waals surface area contributed by atoms with Gasteiger partial charge in [0.05, 0.1) is 18.8 Å². The van der Waals surface area contributed by atoms with Gasteiger partial charge in [-0.05, 0) is 30.3 Å². The van der Waals surface area contributed by atoms with Gasteiger partial charge in [0.1, 0.15) is 11.4 Å². The van der Waals surface area contributed by atoms with Crippen molar-refractivity contribution in [3.63, 3.8) is 0 Å². The summed E-state index contributed by atoms with van der Waals surface area (Å²) in [7, 11) is 1.66. The lowest BCUT2D eigenvalue weighted by molar-refractivity contribution is 0.412. The molecule has 0 aliphatic rings. The number of rotatable bonds is 2. The van der Waals surface area contributed by atoms with E-state index in [1.54, 1.807) is 13.3 Å². The van der Waals surface area contributed by atoms with Crippen molar-refractivity contribution < 1.29 is 4.74 Å². The second kappa shape index (κ2) is 4.07. The zero-order chi connectivity index (χ0) is 12.5. The Morgan fingerprint density at radius 1 is 1.17 bits per heavy atom. The van der Waals surface area contributed by atoms with Crippen molar-refractivity contribution in [1.29, 1.82) is 0 Å². The van der Waals surface area contributed by atoms with Crippen LogP contribution in [0, 0.1) is 0 Å². The van der Waals surface area contributed by atoms with Gasteiger partial charge in [-0.2, -0.15) is 5.10 Å². The van der Waals surface area contributed by atoms with Gasteiger partial charge in [0.25, 0.3) is 0 Å². The SMILES string of the molecule is COc1ccccc1-n1ncc2cc(N)ccc21. The Morgan fingerprint density at radius 2 is 2.00 bits per heavy atom. The molecule has 0 aliphatic heterocycles. The predicted molar refractivity (Wildman–Crippen MR) is 72.0 cm³/mol. The average Bonchev–Trinajstić information content (AvgIpc) is 2.81. The molecule has 2 aromatic carbocycles. The molecule has 3 aromatic rings. The number of nitrogens with two attached hydrogens (primary N) is 1. The highest BCUT2D eigenvalue weighted by Gasteiger charge is 2.09. The number of methoxy groups -OCH3 is 1. The van der Waals surface area contributed by atoms with E-state index in [-0.39, 0.29) is 0 Å². The van der Waals surface area contributed by atoms with Crippen LogP contribution in [0.4, 0.5) is 5.69 Å². The van der Waals surface area contributed by atoms with Gasteiger partial charge in [-0.3, -0.25) is 0 Å². The molecule has 0 aliphatic carbocycles. The predicted octanol–water partition coefficient (Wildman–Crippen LogP) is 2.62. The molecule has 4 heteroatoms.